The third kappa shape index (κ3) is 1.39. The Morgan fingerprint density at radius 3 is 3.06 bits per heavy atom. The van der Waals surface area contributed by atoms with Crippen molar-refractivity contribution in [3.63, 3.8) is 0 Å². The molecule has 0 unspecified atom stereocenters. The van der Waals surface area contributed by atoms with E-state index in [4.69, 9.17) is 4.74 Å². The average Bonchev–Trinajstić information content (AvgIpc) is 2.93. The predicted octanol–water partition coefficient (Wildman–Crippen LogP) is 1.12. The van der Waals surface area contributed by atoms with Gasteiger partial charge in [0.1, 0.15) is 12.1 Å². The number of aromatic nitrogens is 2. The number of imidazole rings is 1. The number of carbonyl (C=O) groups excluding carboxylic acids is 1. The van der Waals surface area contributed by atoms with E-state index in [0.717, 1.165) is 17.1 Å². The number of hydrogen-bond acceptors (Lipinski definition) is 3. The number of nitrogens with zero attached hydrogens (tertiary/aromatic N) is 2. The summed E-state index contributed by atoms with van der Waals surface area (Å²) in [6.07, 6.45) is 1.65. The third-order valence-corrected chi connectivity index (χ3v) is 2.84. The molecule has 0 aliphatic carbocycles. The molecule has 5 nitrogen and oxygen atoms in total. The SMILES string of the molecule is COc1ccccc1-n1cnc2c1CNC2=O. The summed E-state index contributed by atoms with van der Waals surface area (Å²) < 4.78 is 7.18. The van der Waals surface area contributed by atoms with Crippen molar-refractivity contribution in [3.05, 3.63) is 42.0 Å². The lowest BCUT2D eigenvalue weighted by atomic mass is 10.2. The van der Waals surface area contributed by atoms with E-state index in [0.29, 0.717) is 12.2 Å². The summed E-state index contributed by atoms with van der Waals surface area (Å²) in [5.74, 6) is 0.640. The first-order chi connectivity index (χ1) is 8.31. The lowest BCUT2D eigenvalue weighted by molar-refractivity contribution is 0.0961. The van der Waals surface area contributed by atoms with Gasteiger partial charge in [-0.1, -0.05) is 12.1 Å². The average molecular weight is 229 g/mol. The van der Waals surface area contributed by atoms with Crippen molar-refractivity contribution in [2.45, 2.75) is 6.54 Å². The Kier molecular flexibility index (Phi) is 2.11. The second-order valence-corrected chi connectivity index (χ2v) is 3.76. The molecule has 1 aliphatic rings. The molecule has 1 N–H and O–H groups in total. The van der Waals surface area contributed by atoms with Gasteiger partial charge in [0.2, 0.25) is 0 Å². The normalized spacial score (nSPS) is 13.4. The minimum absolute atomic E-state index is 0.117. The number of para-hydroxylation sites is 2. The second-order valence-electron chi connectivity index (χ2n) is 3.76. The molecule has 0 bridgehead atoms. The van der Waals surface area contributed by atoms with Crippen molar-refractivity contribution in [2.75, 3.05) is 7.11 Å². The van der Waals surface area contributed by atoms with Gasteiger partial charge in [0.25, 0.3) is 5.91 Å². The van der Waals surface area contributed by atoms with E-state index in [1.165, 1.54) is 0 Å². The monoisotopic (exact) mass is 229 g/mol. The number of carbonyl (C=O) groups is 1. The summed E-state index contributed by atoms with van der Waals surface area (Å²) in [5.41, 5.74) is 2.26. The van der Waals surface area contributed by atoms with Crippen LogP contribution in [0.3, 0.4) is 0 Å². The highest BCUT2D eigenvalue weighted by Crippen LogP contribution is 2.26. The molecule has 17 heavy (non-hydrogen) atoms. The summed E-state index contributed by atoms with van der Waals surface area (Å²) in [4.78, 5) is 15.6. The zero-order chi connectivity index (χ0) is 11.8. The molecule has 1 aromatic carbocycles. The molecule has 0 atom stereocenters. The van der Waals surface area contributed by atoms with Crippen molar-refractivity contribution < 1.29 is 9.53 Å². The van der Waals surface area contributed by atoms with Gasteiger partial charge < -0.3 is 10.1 Å². The van der Waals surface area contributed by atoms with Crippen LogP contribution in [-0.4, -0.2) is 22.6 Å². The summed E-state index contributed by atoms with van der Waals surface area (Å²) in [5, 5.41) is 2.75. The molecule has 0 fully saturated rings. The van der Waals surface area contributed by atoms with E-state index in [2.05, 4.69) is 10.3 Å². The Morgan fingerprint density at radius 1 is 1.41 bits per heavy atom. The molecule has 1 aliphatic heterocycles. The summed E-state index contributed by atoms with van der Waals surface area (Å²) >= 11 is 0. The minimum Gasteiger partial charge on any atom is -0.495 e. The molecule has 1 aromatic heterocycles. The zero-order valence-electron chi connectivity index (χ0n) is 9.30. The van der Waals surface area contributed by atoms with Crippen LogP contribution in [0.1, 0.15) is 16.2 Å². The van der Waals surface area contributed by atoms with Gasteiger partial charge in [-0.05, 0) is 12.1 Å². The lowest BCUT2D eigenvalue weighted by Gasteiger charge is -2.10. The maximum Gasteiger partial charge on any atom is 0.272 e. The Balaban J connectivity index is 2.17. The van der Waals surface area contributed by atoms with E-state index < -0.39 is 0 Å². The van der Waals surface area contributed by atoms with Crippen LogP contribution >= 0.6 is 0 Å². The van der Waals surface area contributed by atoms with Gasteiger partial charge in [-0.2, -0.15) is 0 Å². The standard InChI is InChI=1S/C12H11N3O2/c1-17-10-5-3-2-4-8(10)15-7-14-11-9(15)6-13-12(11)16/h2-5,7H,6H2,1H3,(H,13,16). The van der Waals surface area contributed by atoms with E-state index in [1.54, 1.807) is 13.4 Å². The van der Waals surface area contributed by atoms with Crippen LogP contribution in [0.2, 0.25) is 0 Å². The minimum atomic E-state index is -0.117. The first kappa shape index (κ1) is 9.89. The number of benzene rings is 1. The van der Waals surface area contributed by atoms with Gasteiger partial charge >= 0.3 is 0 Å². The fraction of sp³-hybridized carbons (Fsp3) is 0.167. The zero-order valence-corrected chi connectivity index (χ0v) is 9.30. The highest BCUT2D eigenvalue weighted by molar-refractivity contribution is 5.96. The van der Waals surface area contributed by atoms with E-state index >= 15 is 0 Å². The summed E-state index contributed by atoms with van der Waals surface area (Å²) in [6.45, 7) is 0.506. The van der Waals surface area contributed by atoms with Crippen LogP contribution in [0.25, 0.3) is 5.69 Å². The van der Waals surface area contributed by atoms with Gasteiger partial charge in [0.15, 0.2) is 5.69 Å². The molecule has 2 heterocycles. The number of rotatable bonds is 2. The molecule has 5 heteroatoms. The van der Waals surface area contributed by atoms with Gasteiger partial charge in [-0.15, -0.1) is 0 Å². The van der Waals surface area contributed by atoms with E-state index in [-0.39, 0.29) is 5.91 Å². The fourth-order valence-electron chi connectivity index (χ4n) is 2.02. The van der Waals surface area contributed by atoms with Crippen molar-refractivity contribution in [2.24, 2.45) is 0 Å². The number of fused-ring (bicyclic) bond motifs is 1. The van der Waals surface area contributed by atoms with E-state index in [1.807, 2.05) is 28.8 Å². The number of nitrogens with one attached hydrogen (secondary N) is 1. The van der Waals surface area contributed by atoms with Crippen LogP contribution in [0.4, 0.5) is 0 Å². The highest BCUT2D eigenvalue weighted by Gasteiger charge is 2.25. The van der Waals surface area contributed by atoms with Crippen LogP contribution in [0, 0.1) is 0 Å². The molecular weight excluding hydrogens is 218 g/mol. The maximum absolute atomic E-state index is 11.4. The van der Waals surface area contributed by atoms with Crippen molar-refractivity contribution >= 4 is 5.91 Å². The van der Waals surface area contributed by atoms with Crippen molar-refractivity contribution in [1.29, 1.82) is 0 Å². The van der Waals surface area contributed by atoms with Crippen LogP contribution in [-0.2, 0) is 6.54 Å². The molecule has 0 saturated carbocycles. The molecular formula is C12H11N3O2. The number of methoxy groups -OCH3 is 1. The summed E-state index contributed by atoms with van der Waals surface area (Å²) in [6, 6.07) is 7.65. The first-order valence-electron chi connectivity index (χ1n) is 5.29. The van der Waals surface area contributed by atoms with Crippen LogP contribution in [0.15, 0.2) is 30.6 Å². The van der Waals surface area contributed by atoms with Gasteiger partial charge in [-0.3, -0.25) is 9.36 Å². The van der Waals surface area contributed by atoms with E-state index in [9.17, 15) is 4.79 Å². The smallest absolute Gasteiger partial charge is 0.272 e. The van der Waals surface area contributed by atoms with Gasteiger partial charge in [0, 0.05) is 0 Å². The van der Waals surface area contributed by atoms with Crippen LogP contribution in [0.5, 0.6) is 5.75 Å². The topological polar surface area (TPSA) is 56.1 Å². The number of ether oxygens (including phenoxy) is 1. The Hall–Kier alpha value is -2.30. The fourth-order valence-corrected chi connectivity index (χ4v) is 2.02. The molecule has 0 saturated heterocycles. The Morgan fingerprint density at radius 2 is 2.24 bits per heavy atom. The second kappa shape index (κ2) is 3.62. The van der Waals surface area contributed by atoms with Crippen molar-refractivity contribution in [3.8, 4) is 11.4 Å². The molecule has 0 spiro atoms. The Bertz CT molecular complexity index is 589. The molecule has 0 radical (unpaired) electrons. The molecule has 1 amide bonds. The largest absolute Gasteiger partial charge is 0.495 e. The molecule has 86 valence electrons. The molecule has 3 rings (SSSR count). The number of hydrogen-bond donors (Lipinski definition) is 1. The number of amides is 1. The van der Waals surface area contributed by atoms with Crippen LogP contribution < -0.4 is 10.1 Å². The molecule has 2 aromatic rings. The predicted molar refractivity (Wildman–Crippen MR) is 61.3 cm³/mol. The quantitative estimate of drug-likeness (QED) is 0.839. The summed E-state index contributed by atoms with van der Waals surface area (Å²) in [7, 11) is 1.62. The van der Waals surface area contributed by atoms with Gasteiger partial charge in [0.05, 0.1) is 25.0 Å². The highest BCUT2D eigenvalue weighted by atomic mass is 16.5. The van der Waals surface area contributed by atoms with Crippen molar-refractivity contribution in [1.82, 2.24) is 14.9 Å². The first-order valence-corrected chi connectivity index (χ1v) is 5.29. The maximum atomic E-state index is 11.4. The Labute approximate surface area is 98.0 Å². The lowest BCUT2D eigenvalue weighted by Crippen LogP contribution is -2.14. The third-order valence-electron chi connectivity index (χ3n) is 2.84. The van der Waals surface area contributed by atoms with Gasteiger partial charge in [-0.25, -0.2) is 4.98 Å².